The predicted molar refractivity (Wildman–Crippen MR) is 61.1 cm³/mol. The van der Waals surface area contributed by atoms with Gasteiger partial charge in [-0.25, -0.2) is 4.79 Å². The van der Waals surface area contributed by atoms with Gasteiger partial charge in [-0.15, -0.1) is 11.3 Å². The highest BCUT2D eigenvalue weighted by Gasteiger charge is 2.18. The first-order chi connectivity index (χ1) is 6.91. The highest BCUT2D eigenvalue weighted by Crippen LogP contribution is 2.34. The fourth-order valence-electron chi connectivity index (χ4n) is 1.17. The molecule has 15 heavy (non-hydrogen) atoms. The zero-order valence-electron chi connectivity index (χ0n) is 9.40. The number of thiophene rings is 1. The number of aromatic carboxylic acids is 1. The van der Waals surface area contributed by atoms with Gasteiger partial charge in [-0.1, -0.05) is 13.8 Å². The molecule has 0 atom stereocenters. The fourth-order valence-corrected chi connectivity index (χ4v) is 2.10. The van der Waals surface area contributed by atoms with Crippen molar-refractivity contribution in [2.75, 3.05) is 0 Å². The van der Waals surface area contributed by atoms with E-state index in [-0.39, 0.29) is 6.10 Å². The molecule has 0 amide bonds. The summed E-state index contributed by atoms with van der Waals surface area (Å²) in [7, 11) is 0. The molecule has 0 aliphatic rings. The molecule has 0 saturated heterocycles. The third-order valence-corrected chi connectivity index (χ3v) is 3.25. The summed E-state index contributed by atoms with van der Waals surface area (Å²) in [6.45, 7) is 7.85. The summed E-state index contributed by atoms with van der Waals surface area (Å²) in [5.41, 5.74) is 0. The van der Waals surface area contributed by atoms with Gasteiger partial charge >= 0.3 is 5.97 Å². The molecule has 0 aliphatic carbocycles. The first-order valence-corrected chi connectivity index (χ1v) is 5.77. The van der Waals surface area contributed by atoms with Gasteiger partial charge in [0, 0.05) is 4.88 Å². The first kappa shape index (κ1) is 12.0. The number of hydrogen-bond donors (Lipinski definition) is 1. The molecule has 1 N–H and O–H groups in total. The summed E-state index contributed by atoms with van der Waals surface area (Å²) >= 11 is 1.29. The molecule has 0 unspecified atom stereocenters. The summed E-state index contributed by atoms with van der Waals surface area (Å²) in [6.07, 6.45) is -0.00212. The van der Waals surface area contributed by atoms with Crippen LogP contribution in [0.25, 0.3) is 0 Å². The molecule has 1 aromatic heterocycles. The summed E-state index contributed by atoms with van der Waals surface area (Å²) in [5.74, 6) is -0.0913. The highest BCUT2D eigenvalue weighted by atomic mass is 32.1. The smallest absolute Gasteiger partial charge is 0.349 e. The third kappa shape index (κ3) is 2.96. The number of ether oxygens (including phenoxy) is 1. The van der Waals surface area contributed by atoms with E-state index in [0.29, 0.717) is 16.5 Å². The van der Waals surface area contributed by atoms with Crippen molar-refractivity contribution in [2.24, 2.45) is 0 Å². The number of carboxylic acids is 1. The lowest BCUT2D eigenvalue weighted by molar-refractivity contribution is 0.0696. The zero-order valence-corrected chi connectivity index (χ0v) is 10.2. The van der Waals surface area contributed by atoms with E-state index >= 15 is 0 Å². The van der Waals surface area contributed by atoms with Crippen LogP contribution in [0.5, 0.6) is 5.75 Å². The van der Waals surface area contributed by atoms with E-state index < -0.39 is 5.97 Å². The average Bonchev–Trinajstić information content (AvgIpc) is 2.46. The molecule has 1 aromatic rings. The Hall–Kier alpha value is -1.03. The average molecular weight is 228 g/mol. The molecular formula is C11H16O3S. The van der Waals surface area contributed by atoms with Gasteiger partial charge in [-0.2, -0.15) is 0 Å². The van der Waals surface area contributed by atoms with E-state index in [0.717, 1.165) is 4.88 Å². The highest BCUT2D eigenvalue weighted by molar-refractivity contribution is 7.14. The Balaban J connectivity index is 3.06. The quantitative estimate of drug-likeness (QED) is 0.859. The molecule has 0 radical (unpaired) electrons. The fraction of sp³-hybridized carbons (Fsp3) is 0.545. The van der Waals surface area contributed by atoms with Crippen LogP contribution in [0.15, 0.2) is 6.07 Å². The Morgan fingerprint density at radius 3 is 2.40 bits per heavy atom. The number of rotatable bonds is 4. The van der Waals surface area contributed by atoms with Crippen LogP contribution < -0.4 is 4.74 Å². The van der Waals surface area contributed by atoms with Crippen molar-refractivity contribution in [3.63, 3.8) is 0 Å². The molecule has 3 nitrogen and oxygen atoms in total. The Morgan fingerprint density at radius 1 is 1.40 bits per heavy atom. The molecule has 0 bridgehead atoms. The van der Waals surface area contributed by atoms with Gasteiger partial charge in [0.05, 0.1) is 6.10 Å². The minimum absolute atomic E-state index is 0.00212. The maximum atomic E-state index is 11.0. The van der Waals surface area contributed by atoms with Crippen molar-refractivity contribution >= 4 is 17.3 Å². The Morgan fingerprint density at radius 2 is 2.00 bits per heavy atom. The molecule has 84 valence electrons. The maximum absolute atomic E-state index is 11.0. The Labute approximate surface area is 93.7 Å². The first-order valence-electron chi connectivity index (χ1n) is 4.95. The lowest BCUT2D eigenvalue weighted by Crippen LogP contribution is -2.07. The minimum Gasteiger partial charge on any atom is -0.489 e. The number of carboxylic acid groups (broad SMARTS) is 1. The van der Waals surface area contributed by atoms with Crippen molar-refractivity contribution in [1.82, 2.24) is 0 Å². The lowest BCUT2D eigenvalue weighted by atomic mass is 10.2. The van der Waals surface area contributed by atoms with Crippen LogP contribution in [0.3, 0.4) is 0 Å². The van der Waals surface area contributed by atoms with Crippen LogP contribution >= 0.6 is 11.3 Å². The van der Waals surface area contributed by atoms with Crippen LogP contribution in [0.4, 0.5) is 0 Å². The molecule has 0 spiro atoms. The molecular weight excluding hydrogens is 212 g/mol. The normalized spacial score (nSPS) is 11.1. The van der Waals surface area contributed by atoms with Crippen molar-refractivity contribution in [3.05, 3.63) is 15.8 Å². The molecule has 4 heteroatoms. The van der Waals surface area contributed by atoms with Crippen molar-refractivity contribution in [2.45, 2.75) is 39.7 Å². The van der Waals surface area contributed by atoms with Crippen LogP contribution in [0.1, 0.15) is 48.2 Å². The van der Waals surface area contributed by atoms with E-state index in [1.54, 1.807) is 0 Å². The minimum atomic E-state index is -0.914. The maximum Gasteiger partial charge on any atom is 0.349 e. The van der Waals surface area contributed by atoms with Gasteiger partial charge in [-0.3, -0.25) is 0 Å². The van der Waals surface area contributed by atoms with Crippen LogP contribution in [0.2, 0.25) is 0 Å². The molecule has 1 rings (SSSR count). The van der Waals surface area contributed by atoms with E-state index in [2.05, 4.69) is 0 Å². The SMILES string of the molecule is CC(C)Oc1cc(C(C)C)sc1C(=O)O. The van der Waals surface area contributed by atoms with E-state index in [4.69, 9.17) is 9.84 Å². The summed E-state index contributed by atoms with van der Waals surface area (Å²) in [4.78, 5) is 12.3. The van der Waals surface area contributed by atoms with E-state index in [9.17, 15) is 4.79 Å². The third-order valence-electron chi connectivity index (χ3n) is 1.84. The largest absolute Gasteiger partial charge is 0.489 e. The number of hydrogen-bond acceptors (Lipinski definition) is 3. The molecule has 1 heterocycles. The topological polar surface area (TPSA) is 46.5 Å². The van der Waals surface area contributed by atoms with Crippen LogP contribution in [-0.4, -0.2) is 17.2 Å². The zero-order chi connectivity index (χ0) is 11.6. The van der Waals surface area contributed by atoms with Gasteiger partial charge in [0.25, 0.3) is 0 Å². The van der Waals surface area contributed by atoms with Gasteiger partial charge in [0.1, 0.15) is 5.75 Å². The van der Waals surface area contributed by atoms with Crippen molar-refractivity contribution in [3.8, 4) is 5.75 Å². The van der Waals surface area contributed by atoms with Crippen LogP contribution in [-0.2, 0) is 0 Å². The molecule has 0 aromatic carbocycles. The van der Waals surface area contributed by atoms with Gasteiger partial charge < -0.3 is 9.84 Å². The van der Waals surface area contributed by atoms with Crippen molar-refractivity contribution in [1.29, 1.82) is 0 Å². The second-order valence-corrected chi connectivity index (χ2v) is 5.05. The number of carbonyl (C=O) groups is 1. The Bertz CT molecular complexity index is 353. The monoisotopic (exact) mass is 228 g/mol. The van der Waals surface area contributed by atoms with Gasteiger partial charge in [0.15, 0.2) is 4.88 Å². The standard InChI is InChI=1S/C11H16O3S/c1-6(2)9-5-8(14-7(3)4)10(15-9)11(12)13/h5-7H,1-4H3,(H,12,13). The molecule has 0 saturated carbocycles. The predicted octanol–water partition coefficient (Wildman–Crippen LogP) is 3.36. The molecule has 0 fully saturated rings. The second kappa shape index (κ2) is 4.66. The van der Waals surface area contributed by atoms with Gasteiger partial charge in [0.2, 0.25) is 0 Å². The summed E-state index contributed by atoms with van der Waals surface area (Å²) in [6, 6.07) is 1.83. The van der Waals surface area contributed by atoms with E-state index in [1.165, 1.54) is 11.3 Å². The second-order valence-electron chi connectivity index (χ2n) is 3.97. The Kier molecular flexibility index (Phi) is 3.74. The summed E-state index contributed by atoms with van der Waals surface area (Å²) < 4.78 is 5.47. The van der Waals surface area contributed by atoms with Crippen molar-refractivity contribution < 1.29 is 14.6 Å². The van der Waals surface area contributed by atoms with E-state index in [1.807, 2.05) is 33.8 Å². The summed E-state index contributed by atoms with van der Waals surface area (Å²) in [5, 5.41) is 9.00. The lowest BCUT2D eigenvalue weighted by Gasteiger charge is -2.07. The van der Waals surface area contributed by atoms with Gasteiger partial charge in [-0.05, 0) is 25.8 Å². The van der Waals surface area contributed by atoms with Crippen LogP contribution in [0, 0.1) is 0 Å². The molecule has 0 aliphatic heterocycles.